The number of aryl methyl sites for hydroxylation is 1. The molecule has 0 aliphatic carbocycles. The smallest absolute Gasteiger partial charge is 0.129 e. The van der Waals surface area contributed by atoms with Crippen LogP contribution >= 0.6 is 15.9 Å². The summed E-state index contributed by atoms with van der Waals surface area (Å²) in [6.45, 7) is 3.57. The van der Waals surface area contributed by atoms with Crippen LogP contribution in [0.2, 0.25) is 0 Å². The summed E-state index contributed by atoms with van der Waals surface area (Å²) in [7, 11) is 0. The summed E-state index contributed by atoms with van der Waals surface area (Å²) < 4.78 is 16.3. The van der Waals surface area contributed by atoms with Gasteiger partial charge in [0.05, 0.1) is 6.20 Å². The minimum Gasteiger partial charge on any atom is -0.310 e. The average molecular weight is 327 g/mol. The molecule has 0 amide bonds. The molecule has 1 N–H and O–H groups in total. The first-order valence-electron chi connectivity index (χ1n) is 6.19. The predicted molar refractivity (Wildman–Crippen MR) is 75.2 cm³/mol. The first-order chi connectivity index (χ1) is 9.16. The maximum atomic E-state index is 13.7. The van der Waals surface area contributed by atoms with E-state index >= 15 is 0 Å². The molecule has 0 spiro atoms. The van der Waals surface area contributed by atoms with Crippen LogP contribution in [0.1, 0.15) is 24.9 Å². The highest BCUT2D eigenvalue weighted by atomic mass is 79.9. The van der Waals surface area contributed by atoms with Gasteiger partial charge in [-0.15, -0.1) is 5.10 Å². The highest BCUT2D eigenvalue weighted by Crippen LogP contribution is 2.20. The van der Waals surface area contributed by atoms with Gasteiger partial charge in [-0.05, 0) is 32.0 Å². The van der Waals surface area contributed by atoms with Crippen LogP contribution in [0, 0.1) is 5.82 Å². The molecule has 0 aliphatic rings. The maximum Gasteiger partial charge on any atom is 0.129 e. The summed E-state index contributed by atoms with van der Waals surface area (Å²) in [4.78, 5) is 0. The van der Waals surface area contributed by atoms with Gasteiger partial charge < -0.3 is 5.32 Å². The van der Waals surface area contributed by atoms with Gasteiger partial charge in [0.25, 0.3) is 0 Å². The number of hydrogen-bond acceptors (Lipinski definition) is 3. The zero-order valence-corrected chi connectivity index (χ0v) is 12.3. The van der Waals surface area contributed by atoms with Gasteiger partial charge in [-0.1, -0.05) is 27.2 Å². The Balaban J connectivity index is 1.79. The molecule has 0 aliphatic heterocycles. The molecule has 6 heteroatoms. The van der Waals surface area contributed by atoms with Crippen molar-refractivity contribution < 1.29 is 4.39 Å². The summed E-state index contributed by atoms with van der Waals surface area (Å²) in [5.41, 5.74) is 0.684. The number of rotatable bonds is 6. The Hall–Kier alpha value is -1.27. The van der Waals surface area contributed by atoms with Gasteiger partial charge in [0.1, 0.15) is 5.82 Å². The van der Waals surface area contributed by atoms with Crippen LogP contribution in [-0.4, -0.2) is 21.5 Å². The standard InChI is InChI=1S/C13H16BrFN4/c1-10(12-4-3-11(14)9-13(12)15)16-5-2-7-19-8-6-17-18-19/h3-4,6,8-10,16H,2,5,7H2,1H3. The molecular formula is C13H16BrFN4. The van der Waals surface area contributed by atoms with Crippen molar-refractivity contribution >= 4 is 15.9 Å². The van der Waals surface area contributed by atoms with E-state index in [1.165, 1.54) is 6.07 Å². The molecule has 0 saturated carbocycles. The molecule has 0 fully saturated rings. The van der Waals surface area contributed by atoms with Crippen molar-refractivity contribution in [2.24, 2.45) is 0 Å². The fraction of sp³-hybridized carbons (Fsp3) is 0.385. The number of nitrogens with one attached hydrogen (secondary N) is 1. The highest BCUT2D eigenvalue weighted by molar-refractivity contribution is 9.10. The Morgan fingerprint density at radius 1 is 1.47 bits per heavy atom. The molecule has 102 valence electrons. The number of halogens is 2. The van der Waals surface area contributed by atoms with Crippen molar-refractivity contribution in [2.75, 3.05) is 6.54 Å². The van der Waals surface area contributed by atoms with Gasteiger partial charge in [0.15, 0.2) is 0 Å². The zero-order valence-electron chi connectivity index (χ0n) is 10.7. The molecule has 1 heterocycles. The molecule has 1 aromatic carbocycles. The lowest BCUT2D eigenvalue weighted by molar-refractivity contribution is 0.486. The summed E-state index contributed by atoms with van der Waals surface area (Å²) in [6, 6.07) is 5.13. The van der Waals surface area contributed by atoms with Gasteiger partial charge in [-0.3, -0.25) is 4.68 Å². The monoisotopic (exact) mass is 326 g/mol. The van der Waals surface area contributed by atoms with Gasteiger partial charge in [0.2, 0.25) is 0 Å². The molecule has 4 nitrogen and oxygen atoms in total. The van der Waals surface area contributed by atoms with E-state index in [0.717, 1.165) is 24.0 Å². The average Bonchev–Trinajstić information content (AvgIpc) is 2.87. The SMILES string of the molecule is CC(NCCCn1ccnn1)c1ccc(Br)cc1F. The van der Waals surface area contributed by atoms with Crippen molar-refractivity contribution in [3.8, 4) is 0 Å². The quantitative estimate of drug-likeness (QED) is 0.830. The van der Waals surface area contributed by atoms with Gasteiger partial charge in [-0.25, -0.2) is 4.39 Å². The summed E-state index contributed by atoms with van der Waals surface area (Å²) in [5, 5.41) is 10.9. The molecular weight excluding hydrogens is 311 g/mol. The molecule has 2 rings (SSSR count). The topological polar surface area (TPSA) is 42.7 Å². The van der Waals surface area contributed by atoms with Crippen molar-refractivity contribution in [1.29, 1.82) is 0 Å². The van der Waals surface area contributed by atoms with Crippen molar-refractivity contribution in [1.82, 2.24) is 20.3 Å². The molecule has 0 saturated heterocycles. The largest absolute Gasteiger partial charge is 0.310 e. The second kappa shape index (κ2) is 6.77. The Morgan fingerprint density at radius 3 is 3.00 bits per heavy atom. The summed E-state index contributed by atoms with van der Waals surface area (Å²) in [6.07, 6.45) is 4.41. The van der Waals surface area contributed by atoms with Gasteiger partial charge in [-0.2, -0.15) is 0 Å². The first-order valence-corrected chi connectivity index (χ1v) is 6.98. The van der Waals surface area contributed by atoms with Crippen molar-refractivity contribution in [3.63, 3.8) is 0 Å². The molecule has 0 radical (unpaired) electrons. The molecule has 1 atom stereocenters. The Kier molecular flexibility index (Phi) is 5.04. The molecule has 1 unspecified atom stereocenters. The lowest BCUT2D eigenvalue weighted by Crippen LogP contribution is -2.22. The number of hydrogen-bond donors (Lipinski definition) is 1. The minimum absolute atomic E-state index is 0.0103. The molecule has 0 bridgehead atoms. The van der Waals surface area contributed by atoms with Gasteiger partial charge >= 0.3 is 0 Å². The van der Waals surface area contributed by atoms with E-state index in [1.807, 2.05) is 19.2 Å². The van der Waals surface area contributed by atoms with Crippen molar-refractivity contribution in [3.05, 3.63) is 46.4 Å². The maximum absolute atomic E-state index is 13.7. The molecule has 2 aromatic rings. The third-order valence-corrected chi connectivity index (χ3v) is 3.41. The predicted octanol–water partition coefficient (Wildman–Crippen LogP) is 2.92. The van der Waals surface area contributed by atoms with E-state index < -0.39 is 0 Å². The second-order valence-electron chi connectivity index (χ2n) is 4.36. The van der Waals surface area contributed by atoms with Crippen LogP contribution < -0.4 is 5.32 Å². The lowest BCUT2D eigenvalue weighted by atomic mass is 10.1. The highest BCUT2D eigenvalue weighted by Gasteiger charge is 2.10. The van der Waals surface area contributed by atoms with Crippen LogP contribution in [0.3, 0.4) is 0 Å². The van der Waals surface area contributed by atoms with Crippen LogP contribution in [0.25, 0.3) is 0 Å². The summed E-state index contributed by atoms with van der Waals surface area (Å²) >= 11 is 3.26. The normalized spacial score (nSPS) is 12.6. The van der Waals surface area contributed by atoms with Gasteiger partial charge in [0, 0.05) is 28.8 Å². The van der Waals surface area contributed by atoms with Crippen LogP contribution in [0.5, 0.6) is 0 Å². The van der Waals surface area contributed by atoms with E-state index in [4.69, 9.17) is 0 Å². The van der Waals surface area contributed by atoms with Crippen LogP contribution in [0.4, 0.5) is 4.39 Å². The zero-order chi connectivity index (χ0) is 13.7. The summed E-state index contributed by atoms with van der Waals surface area (Å²) in [5.74, 6) is -0.189. The third-order valence-electron chi connectivity index (χ3n) is 2.92. The lowest BCUT2D eigenvalue weighted by Gasteiger charge is -2.15. The van der Waals surface area contributed by atoms with Crippen LogP contribution in [0.15, 0.2) is 35.1 Å². The van der Waals surface area contributed by atoms with E-state index in [9.17, 15) is 4.39 Å². The fourth-order valence-corrected chi connectivity index (χ4v) is 2.21. The second-order valence-corrected chi connectivity index (χ2v) is 5.28. The first kappa shape index (κ1) is 14.1. The van der Waals surface area contributed by atoms with E-state index in [2.05, 4.69) is 31.6 Å². The molecule has 19 heavy (non-hydrogen) atoms. The Morgan fingerprint density at radius 2 is 2.32 bits per heavy atom. The minimum atomic E-state index is -0.189. The van der Waals surface area contributed by atoms with Crippen molar-refractivity contribution in [2.45, 2.75) is 25.9 Å². The Labute approximate surface area is 120 Å². The van der Waals surface area contributed by atoms with Crippen LogP contribution in [-0.2, 0) is 6.54 Å². The number of nitrogens with zero attached hydrogens (tertiary/aromatic N) is 3. The van der Waals surface area contributed by atoms with E-state index in [-0.39, 0.29) is 11.9 Å². The number of aromatic nitrogens is 3. The van der Waals surface area contributed by atoms with E-state index in [1.54, 1.807) is 16.9 Å². The fourth-order valence-electron chi connectivity index (χ4n) is 1.87. The third kappa shape index (κ3) is 4.11. The Bertz CT molecular complexity index is 515. The number of benzene rings is 1. The molecule has 1 aromatic heterocycles. The van der Waals surface area contributed by atoms with E-state index in [0.29, 0.717) is 5.56 Å².